The first-order valence-electron chi connectivity index (χ1n) is 6.91. The van der Waals surface area contributed by atoms with Gasteiger partial charge in [0.1, 0.15) is 0 Å². The highest BCUT2D eigenvalue weighted by atomic mass is 16.3. The van der Waals surface area contributed by atoms with Crippen LogP contribution in [0.2, 0.25) is 0 Å². The zero-order valence-electron chi connectivity index (χ0n) is 11.0. The quantitative estimate of drug-likeness (QED) is 0.858. The molecule has 0 spiro atoms. The van der Waals surface area contributed by atoms with Crippen LogP contribution in [0.25, 0.3) is 0 Å². The third-order valence-electron chi connectivity index (χ3n) is 4.41. The van der Waals surface area contributed by atoms with Gasteiger partial charge in [-0.2, -0.15) is 0 Å². The van der Waals surface area contributed by atoms with Gasteiger partial charge in [-0.1, -0.05) is 42.5 Å². The van der Waals surface area contributed by atoms with E-state index in [1.54, 1.807) is 0 Å². The predicted octanol–water partition coefficient (Wildman–Crippen LogP) is 2.15. The van der Waals surface area contributed by atoms with E-state index in [0.717, 1.165) is 17.5 Å². The molecule has 2 atom stereocenters. The number of rotatable bonds is 1. The summed E-state index contributed by atoms with van der Waals surface area (Å²) in [6.45, 7) is 0.00453. The molecule has 0 saturated heterocycles. The molecule has 2 aliphatic rings. The summed E-state index contributed by atoms with van der Waals surface area (Å²) in [5.41, 5.74) is 4.25. The Kier molecular flexibility index (Phi) is 2.44. The van der Waals surface area contributed by atoms with Crippen molar-refractivity contribution in [2.24, 2.45) is 0 Å². The van der Waals surface area contributed by atoms with Gasteiger partial charge in [-0.05, 0) is 29.2 Å². The van der Waals surface area contributed by atoms with Crippen LogP contribution in [0.15, 0.2) is 48.5 Å². The second-order valence-electron chi connectivity index (χ2n) is 5.44. The molecule has 1 N–H and O–H groups in total. The summed E-state index contributed by atoms with van der Waals surface area (Å²) >= 11 is 0. The lowest BCUT2D eigenvalue weighted by atomic mass is 9.87. The van der Waals surface area contributed by atoms with E-state index in [1.807, 2.05) is 41.3 Å². The van der Waals surface area contributed by atoms with Gasteiger partial charge in [0.15, 0.2) is 0 Å². The number of benzene rings is 2. The second-order valence-corrected chi connectivity index (χ2v) is 5.44. The Morgan fingerprint density at radius 1 is 1.05 bits per heavy atom. The van der Waals surface area contributed by atoms with Crippen molar-refractivity contribution < 1.29 is 9.90 Å². The molecule has 20 heavy (non-hydrogen) atoms. The number of hydrogen-bond acceptors (Lipinski definition) is 2. The maximum Gasteiger partial charge on any atom is 0.255 e. The molecule has 3 nitrogen and oxygen atoms in total. The molecule has 2 aromatic carbocycles. The Morgan fingerprint density at radius 2 is 1.75 bits per heavy atom. The third kappa shape index (κ3) is 1.41. The maximum atomic E-state index is 12.6. The predicted molar refractivity (Wildman–Crippen MR) is 75.5 cm³/mol. The highest BCUT2D eigenvalue weighted by Gasteiger charge is 2.44. The zero-order chi connectivity index (χ0) is 13.7. The fourth-order valence-corrected chi connectivity index (χ4v) is 3.52. The van der Waals surface area contributed by atoms with Crippen LogP contribution in [-0.4, -0.2) is 28.6 Å². The Morgan fingerprint density at radius 3 is 2.55 bits per heavy atom. The van der Waals surface area contributed by atoms with Gasteiger partial charge >= 0.3 is 0 Å². The summed E-state index contributed by atoms with van der Waals surface area (Å²) in [4.78, 5) is 14.5. The van der Waals surface area contributed by atoms with Crippen LogP contribution in [0.4, 0.5) is 0 Å². The summed E-state index contributed by atoms with van der Waals surface area (Å²) in [6, 6.07) is 15.8. The normalized spacial score (nSPS) is 23.2. The molecular weight excluding hydrogens is 250 g/mol. The average molecular weight is 265 g/mol. The Labute approximate surface area is 117 Å². The highest BCUT2D eigenvalue weighted by Crippen LogP contribution is 2.44. The average Bonchev–Trinajstić information content (AvgIpc) is 2.81. The molecule has 100 valence electrons. The van der Waals surface area contributed by atoms with Crippen molar-refractivity contribution in [1.82, 2.24) is 4.90 Å². The number of nitrogens with zero attached hydrogens (tertiary/aromatic N) is 1. The Bertz CT molecular complexity index is 695. The highest BCUT2D eigenvalue weighted by molar-refractivity contribution is 6.00. The molecule has 0 bridgehead atoms. The van der Waals surface area contributed by atoms with Crippen molar-refractivity contribution in [3.63, 3.8) is 0 Å². The van der Waals surface area contributed by atoms with Crippen LogP contribution in [-0.2, 0) is 6.42 Å². The van der Waals surface area contributed by atoms with Crippen molar-refractivity contribution in [2.45, 2.75) is 18.5 Å². The van der Waals surface area contributed by atoms with Crippen LogP contribution < -0.4 is 0 Å². The largest absolute Gasteiger partial charge is 0.394 e. The smallest absolute Gasteiger partial charge is 0.255 e. The summed E-state index contributed by atoms with van der Waals surface area (Å²) in [5.74, 6) is 0.0409. The van der Waals surface area contributed by atoms with Crippen molar-refractivity contribution >= 4 is 5.91 Å². The fraction of sp³-hybridized carbons (Fsp3) is 0.235. The van der Waals surface area contributed by atoms with E-state index in [1.165, 1.54) is 11.1 Å². The Balaban J connectivity index is 1.97. The van der Waals surface area contributed by atoms with Gasteiger partial charge in [0.2, 0.25) is 0 Å². The van der Waals surface area contributed by atoms with Crippen LogP contribution in [0.3, 0.4) is 0 Å². The van der Waals surface area contributed by atoms with Crippen molar-refractivity contribution in [1.29, 1.82) is 0 Å². The summed E-state index contributed by atoms with van der Waals surface area (Å²) in [7, 11) is 0. The van der Waals surface area contributed by atoms with Gasteiger partial charge in [-0.25, -0.2) is 0 Å². The standard InChI is InChI=1S/C17H15NO2/c19-10-12-9-11-5-1-2-6-13(11)16-14-7-3-4-8-15(14)17(20)18(12)16/h1-8,12,16,19H,9-10H2/t12-,16-/m0/s1. The lowest BCUT2D eigenvalue weighted by Crippen LogP contribution is -2.45. The van der Waals surface area contributed by atoms with Crippen molar-refractivity contribution in [3.05, 3.63) is 70.8 Å². The minimum absolute atomic E-state index is 0.00453. The molecule has 0 unspecified atom stereocenters. The molecule has 2 aromatic rings. The van der Waals surface area contributed by atoms with Crippen molar-refractivity contribution in [2.75, 3.05) is 6.61 Å². The first-order chi connectivity index (χ1) is 9.81. The molecule has 3 heteroatoms. The van der Waals surface area contributed by atoms with Gasteiger partial charge in [-0.15, -0.1) is 0 Å². The van der Waals surface area contributed by atoms with E-state index in [2.05, 4.69) is 12.1 Å². The number of amides is 1. The van der Waals surface area contributed by atoms with Gasteiger partial charge in [-0.3, -0.25) is 4.79 Å². The molecule has 2 heterocycles. The number of fused-ring (bicyclic) bond motifs is 5. The monoisotopic (exact) mass is 265 g/mol. The molecule has 0 saturated carbocycles. The summed E-state index contributed by atoms with van der Waals surface area (Å²) in [6.07, 6.45) is 0.725. The van der Waals surface area contributed by atoms with Crippen LogP contribution >= 0.6 is 0 Å². The van der Waals surface area contributed by atoms with E-state index in [9.17, 15) is 9.90 Å². The second kappa shape index (κ2) is 4.18. The minimum Gasteiger partial charge on any atom is -0.394 e. The molecule has 0 radical (unpaired) electrons. The molecule has 0 aliphatic carbocycles. The van der Waals surface area contributed by atoms with Crippen LogP contribution in [0.1, 0.15) is 33.1 Å². The zero-order valence-corrected chi connectivity index (χ0v) is 11.0. The molecule has 4 rings (SSSR count). The number of hydrogen-bond donors (Lipinski definition) is 1. The van der Waals surface area contributed by atoms with E-state index in [4.69, 9.17) is 0 Å². The van der Waals surface area contributed by atoms with Crippen LogP contribution in [0.5, 0.6) is 0 Å². The SMILES string of the molecule is O=C1c2ccccc2[C@@H]2c3ccccc3C[C@@H](CO)N12. The lowest BCUT2D eigenvalue weighted by Gasteiger charge is -2.38. The van der Waals surface area contributed by atoms with Gasteiger partial charge in [0.05, 0.1) is 18.7 Å². The number of carbonyl (C=O) groups excluding carboxylic acids is 1. The third-order valence-corrected chi connectivity index (χ3v) is 4.41. The number of carbonyl (C=O) groups is 1. The number of aliphatic hydroxyl groups excluding tert-OH is 1. The summed E-state index contributed by atoms with van der Waals surface area (Å²) < 4.78 is 0. The molecule has 0 fully saturated rings. The van der Waals surface area contributed by atoms with Gasteiger partial charge in [0.25, 0.3) is 5.91 Å². The number of aliphatic hydroxyl groups is 1. The van der Waals surface area contributed by atoms with Crippen LogP contribution in [0, 0.1) is 0 Å². The maximum absolute atomic E-state index is 12.6. The van der Waals surface area contributed by atoms with Crippen molar-refractivity contribution in [3.8, 4) is 0 Å². The lowest BCUT2D eigenvalue weighted by molar-refractivity contribution is 0.0534. The van der Waals surface area contributed by atoms with E-state index < -0.39 is 0 Å². The first kappa shape index (κ1) is 11.7. The van der Waals surface area contributed by atoms with E-state index in [0.29, 0.717) is 0 Å². The molecular formula is C17H15NO2. The van der Waals surface area contributed by atoms with Gasteiger partial charge in [0, 0.05) is 5.56 Å². The van der Waals surface area contributed by atoms with E-state index >= 15 is 0 Å². The summed E-state index contributed by atoms with van der Waals surface area (Å²) in [5, 5.41) is 9.67. The molecule has 1 amide bonds. The van der Waals surface area contributed by atoms with E-state index in [-0.39, 0.29) is 24.6 Å². The topological polar surface area (TPSA) is 40.5 Å². The fourth-order valence-electron chi connectivity index (χ4n) is 3.52. The minimum atomic E-state index is -0.130. The van der Waals surface area contributed by atoms with Gasteiger partial charge < -0.3 is 10.0 Å². The Hall–Kier alpha value is -2.13. The molecule has 2 aliphatic heterocycles. The first-order valence-corrected chi connectivity index (χ1v) is 6.91. The molecule has 0 aromatic heterocycles.